The van der Waals surface area contributed by atoms with E-state index in [2.05, 4.69) is 21.2 Å². The zero-order chi connectivity index (χ0) is 20.9. The Morgan fingerprint density at radius 3 is 2.83 bits per heavy atom. The summed E-state index contributed by atoms with van der Waals surface area (Å²) >= 11 is 3.50. The van der Waals surface area contributed by atoms with Gasteiger partial charge < -0.3 is 19.5 Å². The number of hydrogen-bond donors (Lipinski definition) is 1. The third-order valence-electron chi connectivity index (χ3n) is 5.82. The molecule has 1 saturated heterocycles. The maximum atomic E-state index is 12.6. The minimum absolute atomic E-state index is 0.0114. The zero-order valence-corrected chi connectivity index (χ0v) is 16.8. The van der Waals surface area contributed by atoms with Crippen LogP contribution in [0.3, 0.4) is 0 Å². The van der Waals surface area contributed by atoms with Crippen LogP contribution < -0.4 is 10.1 Å². The minimum Gasteiger partial charge on any atom is -0.497 e. The van der Waals surface area contributed by atoms with Crippen LogP contribution in [0.2, 0.25) is 0 Å². The Kier molecular flexibility index (Phi) is 4.93. The van der Waals surface area contributed by atoms with Crippen molar-refractivity contribution in [2.75, 3.05) is 19.0 Å². The monoisotopic (exact) mass is 468 g/mol. The highest BCUT2D eigenvalue weighted by Crippen LogP contribution is 2.60. The Hall–Kier alpha value is -2.69. The molecule has 1 aromatic carbocycles. The normalized spacial score (nSPS) is 31.3. The van der Waals surface area contributed by atoms with Gasteiger partial charge in [0.15, 0.2) is 6.61 Å². The Morgan fingerprint density at radius 1 is 1.38 bits per heavy atom. The first-order valence-electron chi connectivity index (χ1n) is 8.95. The van der Waals surface area contributed by atoms with Gasteiger partial charge in [0.2, 0.25) is 0 Å². The SMILES string of the molecule is COc1ccc([N+](=O)[O-])c(NC(=O)COC(=O)[C@@H]2[C@H]3C[C@H]4[C@H](OC(=O)[C@H]42)[C@H]3Br)c1. The minimum atomic E-state index is -0.736. The van der Waals surface area contributed by atoms with E-state index in [1.165, 1.54) is 25.3 Å². The molecule has 2 saturated carbocycles. The number of fused-ring (bicyclic) bond motifs is 1. The Labute approximate surface area is 173 Å². The summed E-state index contributed by atoms with van der Waals surface area (Å²) in [5.74, 6) is -2.74. The molecule has 11 heteroatoms. The number of nitro groups is 1. The van der Waals surface area contributed by atoms with E-state index in [0.717, 1.165) is 0 Å². The van der Waals surface area contributed by atoms with Crippen LogP contribution in [0.15, 0.2) is 18.2 Å². The van der Waals surface area contributed by atoms with E-state index in [1.807, 2.05) is 0 Å². The van der Waals surface area contributed by atoms with Gasteiger partial charge in [0, 0.05) is 18.1 Å². The molecule has 29 heavy (non-hydrogen) atoms. The summed E-state index contributed by atoms with van der Waals surface area (Å²) in [6.07, 6.45) is 0.484. The van der Waals surface area contributed by atoms with Gasteiger partial charge >= 0.3 is 11.9 Å². The van der Waals surface area contributed by atoms with Crippen LogP contribution in [0.5, 0.6) is 5.75 Å². The molecular formula is C18H17BrN2O8. The van der Waals surface area contributed by atoms with Crippen molar-refractivity contribution in [1.29, 1.82) is 0 Å². The molecule has 3 fully saturated rings. The smallest absolute Gasteiger partial charge is 0.310 e. The van der Waals surface area contributed by atoms with E-state index >= 15 is 0 Å². The fourth-order valence-electron chi connectivity index (χ4n) is 4.61. The molecule has 154 valence electrons. The number of ether oxygens (including phenoxy) is 3. The number of anilines is 1. The highest BCUT2D eigenvalue weighted by molar-refractivity contribution is 9.09. The van der Waals surface area contributed by atoms with Gasteiger partial charge in [-0.1, -0.05) is 15.9 Å². The number of carbonyl (C=O) groups excluding carboxylic acids is 3. The number of methoxy groups -OCH3 is 1. The number of hydrogen-bond acceptors (Lipinski definition) is 8. The molecule has 3 aliphatic rings. The summed E-state index contributed by atoms with van der Waals surface area (Å²) in [4.78, 5) is 47.3. The van der Waals surface area contributed by atoms with Gasteiger partial charge in [-0.25, -0.2) is 0 Å². The fourth-order valence-corrected chi connectivity index (χ4v) is 5.66. The fraction of sp³-hybridized carbons (Fsp3) is 0.500. The van der Waals surface area contributed by atoms with E-state index in [4.69, 9.17) is 14.2 Å². The average molecular weight is 469 g/mol. The molecule has 0 unspecified atom stereocenters. The van der Waals surface area contributed by atoms with Crippen molar-refractivity contribution < 1.29 is 33.5 Å². The number of nitro benzene ring substituents is 1. The molecule has 1 N–H and O–H groups in total. The van der Waals surface area contributed by atoms with E-state index < -0.39 is 41.2 Å². The van der Waals surface area contributed by atoms with Crippen molar-refractivity contribution in [2.24, 2.45) is 23.7 Å². The number of rotatable bonds is 6. The molecule has 1 amide bonds. The maximum Gasteiger partial charge on any atom is 0.310 e. The van der Waals surface area contributed by atoms with Crippen LogP contribution in [0.25, 0.3) is 0 Å². The number of esters is 2. The Morgan fingerprint density at radius 2 is 2.14 bits per heavy atom. The third-order valence-corrected chi connectivity index (χ3v) is 7.02. The van der Waals surface area contributed by atoms with Gasteiger partial charge in [-0.05, 0) is 18.4 Å². The molecule has 2 bridgehead atoms. The van der Waals surface area contributed by atoms with Crippen LogP contribution in [0.1, 0.15) is 6.42 Å². The molecule has 0 aromatic heterocycles. The van der Waals surface area contributed by atoms with Crippen molar-refractivity contribution in [2.45, 2.75) is 17.4 Å². The molecule has 1 heterocycles. The molecule has 0 radical (unpaired) electrons. The van der Waals surface area contributed by atoms with Crippen molar-refractivity contribution in [1.82, 2.24) is 0 Å². The van der Waals surface area contributed by atoms with Crippen molar-refractivity contribution in [3.05, 3.63) is 28.3 Å². The summed E-state index contributed by atoms with van der Waals surface area (Å²) in [6.45, 7) is -0.626. The van der Waals surface area contributed by atoms with Crippen LogP contribution in [0, 0.1) is 33.8 Å². The van der Waals surface area contributed by atoms with Gasteiger partial charge in [0.1, 0.15) is 17.5 Å². The zero-order valence-electron chi connectivity index (χ0n) is 15.2. The second kappa shape index (κ2) is 7.29. The average Bonchev–Trinajstić information content (AvgIpc) is 3.30. The number of amides is 1. The number of nitrogens with zero attached hydrogens (tertiary/aromatic N) is 1. The first kappa shape index (κ1) is 19.6. The first-order chi connectivity index (χ1) is 13.8. The number of nitrogens with one attached hydrogen (secondary N) is 1. The van der Waals surface area contributed by atoms with E-state index in [1.54, 1.807) is 0 Å². The van der Waals surface area contributed by atoms with Crippen molar-refractivity contribution in [3.8, 4) is 5.75 Å². The number of halogens is 1. The largest absolute Gasteiger partial charge is 0.497 e. The second-order valence-electron chi connectivity index (χ2n) is 7.26. The number of alkyl halides is 1. The van der Waals surface area contributed by atoms with E-state index in [-0.39, 0.29) is 34.1 Å². The molecular weight excluding hydrogens is 452 g/mol. The van der Waals surface area contributed by atoms with Gasteiger partial charge in [0.25, 0.3) is 11.6 Å². The quantitative estimate of drug-likeness (QED) is 0.288. The molecule has 0 spiro atoms. The summed E-state index contributed by atoms with van der Waals surface area (Å²) in [7, 11) is 1.39. The van der Waals surface area contributed by atoms with Crippen LogP contribution in [-0.2, 0) is 23.9 Å². The second-order valence-corrected chi connectivity index (χ2v) is 8.31. The first-order valence-corrected chi connectivity index (χ1v) is 9.87. The number of benzene rings is 1. The summed E-state index contributed by atoms with van der Waals surface area (Å²) < 4.78 is 15.5. The molecule has 6 atom stereocenters. The predicted octanol–water partition coefficient (Wildman–Crippen LogP) is 1.66. The lowest BCUT2D eigenvalue weighted by Gasteiger charge is -2.26. The lowest BCUT2D eigenvalue weighted by Crippen LogP contribution is -2.39. The topological polar surface area (TPSA) is 134 Å². The molecule has 1 aliphatic heterocycles. The standard InChI is InChI=1S/C18H17BrN2O8/c1-27-7-2-3-11(21(25)26)10(4-7)20-12(22)6-28-17(23)13-8-5-9-14(13)18(24)29-16(9)15(8)19/h2-4,8-9,13-16H,5-6H2,1H3,(H,20,22)/t8-,9-,13-,14-,15+,16+/m1/s1. The van der Waals surface area contributed by atoms with E-state index in [0.29, 0.717) is 12.2 Å². The van der Waals surface area contributed by atoms with Gasteiger partial charge in [0.05, 0.1) is 28.7 Å². The van der Waals surface area contributed by atoms with Gasteiger partial charge in [-0.3, -0.25) is 24.5 Å². The van der Waals surface area contributed by atoms with Crippen molar-refractivity contribution >= 4 is 45.2 Å². The molecule has 4 rings (SSSR count). The summed E-state index contributed by atoms with van der Waals surface area (Å²) in [5.41, 5.74) is -0.390. The molecule has 10 nitrogen and oxygen atoms in total. The number of carbonyl (C=O) groups is 3. The third kappa shape index (κ3) is 3.22. The van der Waals surface area contributed by atoms with Crippen LogP contribution >= 0.6 is 15.9 Å². The Balaban J connectivity index is 1.40. The lowest BCUT2D eigenvalue weighted by atomic mass is 9.80. The maximum absolute atomic E-state index is 12.6. The molecule has 1 aromatic rings. The Bertz CT molecular complexity index is 906. The highest BCUT2D eigenvalue weighted by Gasteiger charge is 2.68. The van der Waals surface area contributed by atoms with Gasteiger partial charge in [-0.2, -0.15) is 0 Å². The predicted molar refractivity (Wildman–Crippen MR) is 100 cm³/mol. The lowest BCUT2D eigenvalue weighted by molar-refractivity contribution is -0.383. The molecule has 2 aliphatic carbocycles. The van der Waals surface area contributed by atoms with Crippen LogP contribution in [0.4, 0.5) is 11.4 Å². The summed E-state index contributed by atoms with van der Waals surface area (Å²) in [6, 6.07) is 3.90. The van der Waals surface area contributed by atoms with Crippen molar-refractivity contribution in [3.63, 3.8) is 0 Å². The van der Waals surface area contributed by atoms with Crippen LogP contribution in [-0.4, -0.2) is 47.4 Å². The highest BCUT2D eigenvalue weighted by atomic mass is 79.9. The summed E-state index contributed by atoms with van der Waals surface area (Å²) in [5, 5.41) is 13.5. The van der Waals surface area contributed by atoms with E-state index in [9.17, 15) is 24.5 Å². The van der Waals surface area contributed by atoms with Gasteiger partial charge in [-0.15, -0.1) is 0 Å².